The molecule has 32 heavy (non-hydrogen) atoms. The first-order chi connectivity index (χ1) is 15.3. The van der Waals surface area contributed by atoms with E-state index in [4.69, 9.17) is 16.3 Å². The van der Waals surface area contributed by atoms with Gasteiger partial charge in [0.1, 0.15) is 0 Å². The number of likely N-dealkylation sites (N-methyl/N-ethyl adjacent to an activating group) is 1. The summed E-state index contributed by atoms with van der Waals surface area (Å²) in [7, 11) is -2.35. The van der Waals surface area contributed by atoms with Gasteiger partial charge in [0.05, 0.1) is 16.1 Å². The molecule has 9 heteroatoms. The molecule has 0 atom stereocenters. The van der Waals surface area contributed by atoms with Crippen LogP contribution in [0.4, 0.5) is 5.69 Å². The van der Waals surface area contributed by atoms with Gasteiger partial charge in [-0.15, -0.1) is 0 Å². The summed E-state index contributed by atoms with van der Waals surface area (Å²) in [5.74, 6) is -1.21. The minimum Gasteiger partial charge on any atom is -0.452 e. The highest BCUT2D eigenvalue weighted by atomic mass is 35.5. The number of para-hydroxylation sites is 1. The fourth-order valence-corrected chi connectivity index (χ4v) is 4.03. The molecule has 0 bridgehead atoms. The smallest absolute Gasteiger partial charge is 0.340 e. The van der Waals surface area contributed by atoms with Gasteiger partial charge in [-0.05, 0) is 42.0 Å². The number of amides is 1. The molecule has 1 amide bonds. The maximum atomic E-state index is 12.6. The Bertz CT molecular complexity index is 1200. The van der Waals surface area contributed by atoms with Crippen LogP contribution < -0.4 is 4.72 Å². The Morgan fingerprint density at radius 1 is 0.938 bits per heavy atom. The molecule has 0 fully saturated rings. The van der Waals surface area contributed by atoms with Gasteiger partial charge in [0.15, 0.2) is 6.61 Å². The van der Waals surface area contributed by atoms with Gasteiger partial charge in [0.25, 0.3) is 15.9 Å². The molecule has 0 aliphatic rings. The fraction of sp³-hybridized carbons (Fsp3) is 0.130. The van der Waals surface area contributed by atoms with E-state index in [2.05, 4.69) is 4.72 Å². The quantitative estimate of drug-likeness (QED) is 0.501. The van der Waals surface area contributed by atoms with Crippen molar-refractivity contribution in [2.75, 3.05) is 18.4 Å². The van der Waals surface area contributed by atoms with Gasteiger partial charge in [-0.25, -0.2) is 13.2 Å². The average molecular weight is 473 g/mol. The molecule has 166 valence electrons. The maximum absolute atomic E-state index is 12.6. The largest absolute Gasteiger partial charge is 0.452 e. The van der Waals surface area contributed by atoms with Crippen LogP contribution in [0.5, 0.6) is 0 Å². The first-order valence-corrected chi connectivity index (χ1v) is 11.4. The minimum atomic E-state index is -3.96. The van der Waals surface area contributed by atoms with Gasteiger partial charge in [-0.3, -0.25) is 9.52 Å². The third kappa shape index (κ3) is 6.09. The number of nitrogens with one attached hydrogen (secondary N) is 1. The van der Waals surface area contributed by atoms with Crippen molar-refractivity contribution in [1.82, 2.24) is 4.90 Å². The lowest BCUT2D eigenvalue weighted by atomic mass is 10.2. The zero-order valence-corrected chi connectivity index (χ0v) is 18.8. The maximum Gasteiger partial charge on any atom is 0.340 e. The van der Waals surface area contributed by atoms with Crippen molar-refractivity contribution in [3.8, 4) is 0 Å². The summed E-state index contributed by atoms with van der Waals surface area (Å²) in [4.78, 5) is 26.3. The van der Waals surface area contributed by atoms with E-state index in [1.807, 2.05) is 30.3 Å². The molecule has 0 aliphatic heterocycles. The van der Waals surface area contributed by atoms with E-state index in [-0.39, 0.29) is 22.1 Å². The lowest BCUT2D eigenvalue weighted by Crippen LogP contribution is -2.31. The number of halogens is 1. The molecule has 0 heterocycles. The number of carbonyl (C=O) groups is 2. The number of ether oxygens (including phenoxy) is 1. The second-order valence-electron chi connectivity index (χ2n) is 6.92. The van der Waals surface area contributed by atoms with E-state index in [1.54, 1.807) is 19.2 Å². The Balaban J connectivity index is 1.66. The van der Waals surface area contributed by atoms with Crippen molar-refractivity contribution >= 4 is 39.2 Å². The van der Waals surface area contributed by atoms with Crippen LogP contribution in [0.3, 0.4) is 0 Å². The van der Waals surface area contributed by atoms with Gasteiger partial charge < -0.3 is 9.64 Å². The van der Waals surface area contributed by atoms with Crippen molar-refractivity contribution in [3.63, 3.8) is 0 Å². The molecule has 3 rings (SSSR count). The van der Waals surface area contributed by atoms with Crippen LogP contribution in [0.15, 0.2) is 83.8 Å². The van der Waals surface area contributed by atoms with Crippen LogP contribution >= 0.6 is 11.6 Å². The number of benzene rings is 3. The van der Waals surface area contributed by atoms with Crippen LogP contribution in [-0.2, 0) is 26.1 Å². The first-order valence-electron chi connectivity index (χ1n) is 9.59. The molecule has 0 aromatic heterocycles. The second kappa shape index (κ2) is 10.3. The highest BCUT2D eigenvalue weighted by Crippen LogP contribution is 2.22. The molecular weight excluding hydrogens is 452 g/mol. The number of hydrogen-bond acceptors (Lipinski definition) is 5. The number of rotatable bonds is 8. The summed E-state index contributed by atoms with van der Waals surface area (Å²) < 4.78 is 32.8. The minimum absolute atomic E-state index is 0.0106. The lowest BCUT2D eigenvalue weighted by molar-refractivity contribution is -0.133. The first kappa shape index (κ1) is 23.3. The Hall–Kier alpha value is -3.36. The molecule has 0 unspecified atom stereocenters. The second-order valence-corrected chi connectivity index (χ2v) is 9.04. The van der Waals surface area contributed by atoms with Crippen molar-refractivity contribution < 1.29 is 22.7 Å². The van der Waals surface area contributed by atoms with Gasteiger partial charge in [-0.2, -0.15) is 0 Å². The fourth-order valence-electron chi connectivity index (χ4n) is 2.83. The van der Waals surface area contributed by atoms with Crippen molar-refractivity contribution in [2.45, 2.75) is 11.4 Å². The average Bonchev–Trinajstić information content (AvgIpc) is 2.78. The highest BCUT2D eigenvalue weighted by molar-refractivity contribution is 7.92. The van der Waals surface area contributed by atoms with E-state index in [9.17, 15) is 18.0 Å². The molecular formula is C23H21ClN2O5S. The van der Waals surface area contributed by atoms with Crippen LogP contribution in [0.2, 0.25) is 5.02 Å². The van der Waals surface area contributed by atoms with E-state index in [1.165, 1.54) is 41.3 Å². The highest BCUT2D eigenvalue weighted by Gasteiger charge is 2.20. The zero-order valence-electron chi connectivity index (χ0n) is 17.2. The number of hydrogen-bond donors (Lipinski definition) is 1. The van der Waals surface area contributed by atoms with Crippen LogP contribution in [0.25, 0.3) is 0 Å². The molecule has 3 aromatic rings. The number of nitrogens with zero attached hydrogens (tertiary/aromatic N) is 1. The third-order valence-electron chi connectivity index (χ3n) is 4.53. The Morgan fingerprint density at radius 3 is 2.25 bits per heavy atom. The van der Waals surface area contributed by atoms with Crippen molar-refractivity contribution in [1.29, 1.82) is 0 Å². The Kier molecular flexibility index (Phi) is 7.50. The van der Waals surface area contributed by atoms with E-state index < -0.39 is 22.6 Å². The molecule has 3 aromatic carbocycles. The molecule has 0 radical (unpaired) electrons. The summed E-state index contributed by atoms with van der Waals surface area (Å²) >= 11 is 5.81. The molecule has 7 nitrogen and oxygen atoms in total. The monoisotopic (exact) mass is 472 g/mol. The molecule has 1 N–H and O–H groups in total. The van der Waals surface area contributed by atoms with Crippen LogP contribution in [0, 0.1) is 0 Å². The van der Waals surface area contributed by atoms with Gasteiger partial charge in [0, 0.05) is 18.6 Å². The van der Waals surface area contributed by atoms with Gasteiger partial charge in [-0.1, -0.05) is 54.1 Å². The molecule has 0 saturated heterocycles. The number of esters is 1. The standard InChI is InChI=1S/C23H21ClN2O5S/c1-26(15-17-7-3-2-4-8-17)22(27)16-31-23(28)20-9-5-6-10-21(20)25-32(29,30)19-13-11-18(24)12-14-19/h2-14,25H,15-16H2,1H3. The van der Waals surface area contributed by atoms with Crippen LogP contribution in [-0.4, -0.2) is 38.8 Å². The lowest BCUT2D eigenvalue weighted by Gasteiger charge is -2.17. The molecule has 0 saturated carbocycles. The zero-order chi connectivity index (χ0) is 23.1. The Morgan fingerprint density at radius 2 is 1.56 bits per heavy atom. The number of anilines is 1. The molecule has 0 aliphatic carbocycles. The predicted octanol–water partition coefficient (Wildman–Crippen LogP) is 3.96. The van der Waals surface area contributed by atoms with Gasteiger partial charge >= 0.3 is 5.97 Å². The van der Waals surface area contributed by atoms with Crippen molar-refractivity contribution in [3.05, 3.63) is 95.0 Å². The van der Waals surface area contributed by atoms with E-state index in [0.29, 0.717) is 11.6 Å². The van der Waals surface area contributed by atoms with E-state index >= 15 is 0 Å². The summed E-state index contributed by atoms with van der Waals surface area (Å²) in [5, 5.41) is 0.398. The summed E-state index contributed by atoms with van der Waals surface area (Å²) in [6.45, 7) is -0.102. The molecule has 0 spiro atoms. The number of sulfonamides is 1. The Labute approximate surface area is 191 Å². The summed E-state index contributed by atoms with van der Waals surface area (Å²) in [5.41, 5.74) is 0.970. The summed E-state index contributed by atoms with van der Waals surface area (Å²) in [6, 6.07) is 21.0. The van der Waals surface area contributed by atoms with Crippen molar-refractivity contribution in [2.24, 2.45) is 0 Å². The number of carbonyl (C=O) groups excluding carboxylic acids is 2. The normalized spacial score (nSPS) is 10.9. The topological polar surface area (TPSA) is 92.8 Å². The van der Waals surface area contributed by atoms with Crippen LogP contribution in [0.1, 0.15) is 15.9 Å². The predicted molar refractivity (Wildman–Crippen MR) is 122 cm³/mol. The third-order valence-corrected chi connectivity index (χ3v) is 6.16. The SMILES string of the molecule is CN(Cc1ccccc1)C(=O)COC(=O)c1ccccc1NS(=O)(=O)c1ccc(Cl)cc1. The summed E-state index contributed by atoms with van der Waals surface area (Å²) in [6.07, 6.45) is 0. The van der Waals surface area contributed by atoms with E-state index in [0.717, 1.165) is 5.56 Å². The van der Waals surface area contributed by atoms with Gasteiger partial charge in [0.2, 0.25) is 0 Å².